The molecule has 0 radical (unpaired) electrons. The van der Waals surface area contributed by atoms with Crippen molar-refractivity contribution < 1.29 is 9.53 Å². The molecule has 22 heavy (non-hydrogen) atoms. The molecule has 1 heterocycles. The van der Waals surface area contributed by atoms with Gasteiger partial charge in [0.05, 0.1) is 23.2 Å². The lowest BCUT2D eigenvalue weighted by Gasteiger charge is -2.08. The second-order valence-electron chi connectivity index (χ2n) is 4.35. The van der Waals surface area contributed by atoms with Crippen LogP contribution >= 0.6 is 50.5 Å². The Morgan fingerprint density at radius 1 is 1.45 bits per heavy atom. The minimum atomic E-state index is -0.0963. The molecule has 0 spiro atoms. The molecule has 0 aliphatic carbocycles. The highest BCUT2D eigenvalue weighted by atomic mass is 79.9. The maximum Gasteiger partial charge on any atom is 0.226 e. The summed E-state index contributed by atoms with van der Waals surface area (Å²) in [4.78, 5) is 15.9. The fraction of sp³-hybridized carbons (Fsp3) is 0.286. The summed E-state index contributed by atoms with van der Waals surface area (Å²) >= 11 is 16.4. The first-order valence-corrected chi connectivity index (χ1v) is 9.05. The number of hydrogen-bond acceptors (Lipinski definition) is 4. The van der Waals surface area contributed by atoms with E-state index in [9.17, 15) is 4.79 Å². The van der Waals surface area contributed by atoms with Gasteiger partial charge in [0.25, 0.3) is 0 Å². The standard InChI is InChI=1S/C14H13BrCl2N2O2S/c15-9-3-4-12(11(17)6-9)21-5-1-2-13(20)19-14-18-10(7-16)8-22-14/h3-4,6,8H,1-2,5,7H2,(H,18,19,20). The van der Waals surface area contributed by atoms with Crippen LogP contribution in [0.25, 0.3) is 0 Å². The number of amides is 1. The van der Waals surface area contributed by atoms with E-state index in [1.165, 1.54) is 11.3 Å². The monoisotopic (exact) mass is 422 g/mol. The van der Waals surface area contributed by atoms with E-state index in [0.717, 1.165) is 10.2 Å². The number of aromatic nitrogens is 1. The minimum absolute atomic E-state index is 0.0963. The third kappa shape index (κ3) is 5.43. The highest BCUT2D eigenvalue weighted by Gasteiger charge is 2.07. The molecule has 0 bridgehead atoms. The summed E-state index contributed by atoms with van der Waals surface area (Å²) in [5.41, 5.74) is 0.759. The van der Waals surface area contributed by atoms with Crippen LogP contribution in [0.4, 0.5) is 5.13 Å². The molecule has 4 nitrogen and oxygen atoms in total. The van der Waals surface area contributed by atoms with Crippen LogP contribution in [0.15, 0.2) is 28.1 Å². The lowest BCUT2D eigenvalue weighted by Crippen LogP contribution is -2.12. The van der Waals surface area contributed by atoms with Crippen LogP contribution in [0.3, 0.4) is 0 Å². The van der Waals surface area contributed by atoms with Crippen molar-refractivity contribution >= 4 is 61.5 Å². The largest absolute Gasteiger partial charge is 0.492 e. The summed E-state index contributed by atoms with van der Waals surface area (Å²) in [6.45, 7) is 0.416. The molecule has 0 fully saturated rings. The predicted octanol–water partition coefficient (Wildman–Crippen LogP) is 5.10. The zero-order valence-electron chi connectivity index (χ0n) is 11.4. The van der Waals surface area contributed by atoms with Crippen molar-refractivity contribution in [3.05, 3.63) is 38.8 Å². The maximum absolute atomic E-state index is 11.8. The van der Waals surface area contributed by atoms with Crippen LogP contribution in [-0.2, 0) is 10.7 Å². The average Bonchev–Trinajstić information content (AvgIpc) is 2.93. The van der Waals surface area contributed by atoms with Crippen molar-refractivity contribution in [2.45, 2.75) is 18.7 Å². The Labute approximate surface area is 150 Å². The minimum Gasteiger partial charge on any atom is -0.492 e. The summed E-state index contributed by atoms with van der Waals surface area (Å²) in [5, 5.41) is 5.66. The molecule has 0 atom stereocenters. The molecular weight excluding hydrogens is 411 g/mol. The Morgan fingerprint density at radius 3 is 2.95 bits per heavy atom. The molecule has 1 aromatic heterocycles. The molecule has 0 saturated heterocycles. The van der Waals surface area contributed by atoms with Crippen molar-refractivity contribution in [3.63, 3.8) is 0 Å². The fourth-order valence-corrected chi connectivity index (χ4v) is 3.30. The third-order valence-electron chi connectivity index (χ3n) is 2.63. The quantitative estimate of drug-likeness (QED) is 0.498. The van der Waals surface area contributed by atoms with E-state index >= 15 is 0 Å². The number of anilines is 1. The second kappa shape index (κ2) is 8.72. The smallest absolute Gasteiger partial charge is 0.226 e. The molecule has 1 aromatic carbocycles. The summed E-state index contributed by atoms with van der Waals surface area (Å²) < 4.78 is 6.44. The Hall–Kier alpha value is -0.820. The summed E-state index contributed by atoms with van der Waals surface area (Å²) in [5.74, 6) is 0.853. The number of nitrogens with zero attached hydrogens (tertiary/aromatic N) is 1. The van der Waals surface area contributed by atoms with Gasteiger partial charge in [-0.2, -0.15) is 0 Å². The van der Waals surface area contributed by atoms with Crippen molar-refractivity contribution in [1.29, 1.82) is 0 Å². The Morgan fingerprint density at radius 2 is 2.27 bits per heavy atom. The SMILES string of the molecule is O=C(CCCOc1ccc(Br)cc1Cl)Nc1nc(CCl)cs1. The number of hydrogen-bond donors (Lipinski definition) is 1. The molecule has 0 aliphatic rings. The summed E-state index contributed by atoms with van der Waals surface area (Å²) in [6, 6.07) is 5.40. The molecule has 0 saturated carbocycles. The van der Waals surface area contributed by atoms with Crippen molar-refractivity contribution in [2.75, 3.05) is 11.9 Å². The van der Waals surface area contributed by atoms with Crippen molar-refractivity contribution in [1.82, 2.24) is 4.98 Å². The Kier molecular flexibility index (Phi) is 6.95. The normalized spacial score (nSPS) is 10.5. The molecule has 1 amide bonds. The van der Waals surface area contributed by atoms with Gasteiger partial charge in [-0.25, -0.2) is 4.98 Å². The van der Waals surface area contributed by atoms with Gasteiger partial charge in [-0.3, -0.25) is 4.79 Å². The highest BCUT2D eigenvalue weighted by molar-refractivity contribution is 9.10. The van der Waals surface area contributed by atoms with Gasteiger partial charge >= 0.3 is 0 Å². The van der Waals surface area contributed by atoms with E-state index in [0.29, 0.717) is 41.2 Å². The molecule has 1 N–H and O–H groups in total. The maximum atomic E-state index is 11.8. The van der Waals surface area contributed by atoms with Gasteiger partial charge in [-0.1, -0.05) is 27.5 Å². The van der Waals surface area contributed by atoms with Gasteiger partial charge in [0.1, 0.15) is 5.75 Å². The van der Waals surface area contributed by atoms with E-state index in [4.69, 9.17) is 27.9 Å². The van der Waals surface area contributed by atoms with Crippen LogP contribution in [0.5, 0.6) is 5.75 Å². The number of benzene rings is 1. The first kappa shape index (κ1) is 17.5. The molecule has 118 valence electrons. The number of carbonyl (C=O) groups is 1. The fourth-order valence-electron chi connectivity index (χ4n) is 1.61. The van der Waals surface area contributed by atoms with E-state index in [-0.39, 0.29) is 5.91 Å². The Balaban J connectivity index is 1.70. The van der Waals surface area contributed by atoms with Gasteiger partial charge in [0.15, 0.2) is 5.13 Å². The van der Waals surface area contributed by atoms with E-state index in [1.807, 2.05) is 11.4 Å². The van der Waals surface area contributed by atoms with Crippen LogP contribution in [0, 0.1) is 0 Å². The van der Waals surface area contributed by atoms with Crippen LogP contribution in [0.2, 0.25) is 5.02 Å². The van der Waals surface area contributed by atoms with E-state index in [1.54, 1.807) is 12.1 Å². The van der Waals surface area contributed by atoms with E-state index < -0.39 is 0 Å². The molecule has 2 rings (SSSR count). The van der Waals surface area contributed by atoms with Crippen molar-refractivity contribution in [2.24, 2.45) is 0 Å². The predicted molar refractivity (Wildman–Crippen MR) is 94.2 cm³/mol. The summed E-state index contributed by atoms with van der Waals surface area (Å²) in [7, 11) is 0. The third-order valence-corrected chi connectivity index (χ3v) is 4.50. The van der Waals surface area contributed by atoms with Gasteiger partial charge in [-0.15, -0.1) is 22.9 Å². The zero-order valence-corrected chi connectivity index (χ0v) is 15.4. The first-order chi connectivity index (χ1) is 10.6. The molecule has 0 unspecified atom stereocenters. The molecular formula is C14H13BrCl2N2O2S. The number of carbonyl (C=O) groups excluding carboxylic acids is 1. The van der Waals surface area contributed by atoms with Crippen LogP contribution < -0.4 is 10.1 Å². The number of ether oxygens (including phenoxy) is 1. The highest BCUT2D eigenvalue weighted by Crippen LogP contribution is 2.27. The molecule has 0 aliphatic heterocycles. The lowest BCUT2D eigenvalue weighted by atomic mass is 10.3. The van der Waals surface area contributed by atoms with Gasteiger partial charge in [0, 0.05) is 16.3 Å². The lowest BCUT2D eigenvalue weighted by molar-refractivity contribution is -0.116. The van der Waals surface area contributed by atoms with Crippen molar-refractivity contribution in [3.8, 4) is 5.75 Å². The molecule has 8 heteroatoms. The second-order valence-corrected chi connectivity index (χ2v) is 6.80. The number of thiazole rings is 1. The van der Waals surface area contributed by atoms with Gasteiger partial charge in [0.2, 0.25) is 5.91 Å². The zero-order chi connectivity index (χ0) is 15.9. The number of halogens is 3. The summed E-state index contributed by atoms with van der Waals surface area (Å²) in [6.07, 6.45) is 0.940. The number of rotatable bonds is 7. The number of alkyl halides is 1. The number of nitrogens with one attached hydrogen (secondary N) is 1. The van der Waals surface area contributed by atoms with E-state index in [2.05, 4.69) is 26.2 Å². The molecule has 2 aromatic rings. The van der Waals surface area contributed by atoms with Gasteiger partial charge in [-0.05, 0) is 24.6 Å². The van der Waals surface area contributed by atoms with Gasteiger partial charge < -0.3 is 10.1 Å². The topological polar surface area (TPSA) is 51.2 Å². The van der Waals surface area contributed by atoms with Crippen LogP contribution in [-0.4, -0.2) is 17.5 Å². The Bertz CT molecular complexity index is 652. The van der Waals surface area contributed by atoms with Crippen LogP contribution in [0.1, 0.15) is 18.5 Å². The first-order valence-electron chi connectivity index (χ1n) is 6.46. The average molecular weight is 424 g/mol.